The molecule has 55 heavy (non-hydrogen) atoms. The summed E-state index contributed by atoms with van der Waals surface area (Å²) in [5.74, 6) is 2.36. The topological polar surface area (TPSA) is 12.5 Å². The van der Waals surface area contributed by atoms with E-state index in [2.05, 4.69) is 151 Å². The summed E-state index contributed by atoms with van der Waals surface area (Å²) < 4.78 is 9.32. The third kappa shape index (κ3) is 5.90. The van der Waals surface area contributed by atoms with Crippen LogP contribution in [0.25, 0.3) is 33.0 Å². The van der Waals surface area contributed by atoms with Gasteiger partial charge in [-0.15, -0.1) is 11.3 Å². The first-order valence-electron chi connectivity index (χ1n) is 20.6. The van der Waals surface area contributed by atoms with Crippen LogP contribution in [0.15, 0.2) is 179 Å². The molecule has 2 heterocycles. The summed E-state index contributed by atoms with van der Waals surface area (Å²) in [7, 11) is 0. The SMILES string of the molecule is C1=CC(C2C=CC3=C(C=CC(N(C4=CCC(C5=CC6OC7=C(CCC=C7)C6C=C5)C=C4)C4=c5sc6c(-c7ccccc7)cccc6c5=CCC4)C3)C2)=CCC1. The number of hydrogen-bond donors (Lipinski definition) is 0. The number of allylic oxidation sites excluding steroid dienone is 15. The van der Waals surface area contributed by atoms with Crippen LogP contribution in [-0.2, 0) is 4.74 Å². The Morgan fingerprint density at radius 2 is 1.56 bits per heavy atom. The molecule has 0 saturated carbocycles. The minimum Gasteiger partial charge on any atom is -0.485 e. The molecular weight excluding hydrogens is 687 g/mol. The van der Waals surface area contributed by atoms with Crippen LogP contribution in [0.3, 0.4) is 0 Å². The van der Waals surface area contributed by atoms with Gasteiger partial charge in [0.05, 0.1) is 10.6 Å². The van der Waals surface area contributed by atoms with Gasteiger partial charge in [0, 0.05) is 39.2 Å². The summed E-state index contributed by atoms with van der Waals surface area (Å²) in [6, 6.07) is 18.1. The lowest BCUT2D eigenvalue weighted by atomic mass is 9.79. The minimum absolute atomic E-state index is 0.132. The Morgan fingerprint density at radius 3 is 2.45 bits per heavy atom. The van der Waals surface area contributed by atoms with Gasteiger partial charge < -0.3 is 9.64 Å². The fraction of sp³-hybridized carbons (Fsp3) is 0.269. The molecule has 2 aromatic carbocycles. The summed E-state index contributed by atoms with van der Waals surface area (Å²) in [6.45, 7) is 0. The fourth-order valence-corrected chi connectivity index (χ4v) is 11.7. The highest BCUT2D eigenvalue weighted by atomic mass is 32.1. The number of rotatable bonds is 6. The van der Waals surface area contributed by atoms with E-state index in [4.69, 9.17) is 4.74 Å². The highest BCUT2D eigenvalue weighted by molar-refractivity contribution is 7.17. The fourth-order valence-electron chi connectivity index (χ4n) is 10.3. The molecular formula is C52H47NOS. The van der Waals surface area contributed by atoms with Crippen molar-refractivity contribution in [2.24, 2.45) is 17.8 Å². The molecule has 1 aliphatic heterocycles. The Labute approximate surface area is 329 Å². The third-order valence-corrected chi connectivity index (χ3v) is 14.4. The van der Waals surface area contributed by atoms with Crippen LogP contribution >= 0.6 is 11.3 Å². The zero-order valence-electron chi connectivity index (χ0n) is 31.4. The van der Waals surface area contributed by atoms with E-state index < -0.39 is 0 Å². The van der Waals surface area contributed by atoms with Gasteiger partial charge in [0.1, 0.15) is 11.9 Å². The molecule has 3 aromatic rings. The number of fused-ring (bicyclic) bond motifs is 5. The second-order valence-electron chi connectivity index (χ2n) is 16.3. The largest absolute Gasteiger partial charge is 0.485 e. The maximum Gasteiger partial charge on any atom is 0.128 e. The Balaban J connectivity index is 0.952. The van der Waals surface area contributed by atoms with Crippen molar-refractivity contribution in [3.05, 3.63) is 189 Å². The van der Waals surface area contributed by atoms with Gasteiger partial charge in [-0.3, -0.25) is 0 Å². The molecule has 0 saturated heterocycles. The molecule has 0 N–H and O–H groups in total. The Morgan fingerprint density at radius 1 is 0.673 bits per heavy atom. The van der Waals surface area contributed by atoms with E-state index in [1.807, 2.05) is 11.3 Å². The normalized spacial score (nSPS) is 27.5. The summed E-state index contributed by atoms with van der Waals surface area (Å²) >= 11 is 2.00. The van der Waals surface area contributed by atoms with Gasteiger partial charge in [0.25, 0.3) is 0 Å². The van der Waals surface area contributed by atoms with Crippen LogP contribution in [0.2, 0.25) is 0 Å². The lowest BCUT2D eigenvalue weighted by Gasteiger charge is -2.39. The molecule has 0 spiro atoms. The molecule has 7 aliphatic carbocycles. The molecule has 0 amide bonds. The molecule has 11 rings (SSSR count). The second kappa shape index (κ2) is 13.9. The van der Waals surface area contributed by atoms with Crippen molar-refractivity contribution in [3.8, 4) is 11.1 Å². The highest BCUT2D eigenvalue weighted by Crippen LogP contribution is 2.44. The van der Waals surface area contributed by atoms with Crippen molar-refractivity contribution < 1.29 is 4.74 Å². The van der Waals surface area contributed by atoms with E-state index >= 15 is 0 Å². The average molecular weight is 734 g/mol. The van der Waals surface area contributed by atoms with E-state index in [9.17, 15) is 0 Å². The van der Waals surface area contributed by atoms with Crippen LogP contribution < -0.4 is 9.75 Å². The number of ether oxygens (including phenoxy) is 1. The molecule has 3 heteroatoms. The van der Waals surface area contributed by atoms with E-state index in [0.29, 0.717) is 17.8 Å². The van der Waals surface area contributed by atoms with Crippen LogP contribution in [0.5, 0.6) is 0 Å². The first-order valence-corrected chi connectivity index (χ1v) is 21.5. The molecule has 5 unspecified atom stereocenters. The lowest BCUT2D eigenvalue weighted by Crippen LogP contribution is -2.40. The van der Waals surface area contributed by atoms with E-state index in [0.717, 1.165) is 50.7 Å². The number of thiophene rings is 1. The van der Waals surface area contributed by atoms with Gasteiger partial charge >= 0.3 is 0 Å². The van der Waals surface area contributed by atoms with Crippen molar-refractivity contribution in [2.75, 3.05) is 0 Å². The maximum absolute atomic E-state index is 6.48. The molecule has 1 aromatic heterocycles. The third-order valence-electron chi connectivity index (χ3n) is 13.1. The summed E-state index contributed by atoms with van der Waals surface area (Å²) in [6.07, 6.45) is 48.7. The van der Waals surface area contributed by atoms with Crippen LogP contribution in [0.4, 0.5) is 0 Å². The first kappa shape index (κ1) is 33.2. The Hall–Kier alpha value is -5.12. The van der Waals surface area contributed by atoms with E-state index in [1.54, 1.807) is 0 Å². The van der Waals surface area contributed by atoms with E-state index in [-0.39, 0.29) is 12.1 Å². The smallest absolute Gasteiger partial charge is 0.128 e. The predicted octanol–water partition coefficient (Wildman–Crippen LogP) is 11.6. The van der Waals surface area contributed by atoms with Gasteiger partial charge in [-0.1, -0.05) is 128 Å². The van der Waals surface area contributed by atoms with Gasteiger partial charge in [-0.2, -0.15) is 0 Å². The van der Waals surface area contributed by atoms with Crippen molar-refractivity contribution in [2.45, 2.75) is 69.9 Å². The van der Waals surface area contributed by atoms with Crippen LogP contribution in [0, 0.1) is 17.8 Å². The molecule has 8 aliphatic rings. The van der Waals surface area contributed by atoms with Gasteiger partial charge in [-0.25, -0.2) is 0 Å². The Bertz CT molecular complexity index is 2570. The number of benzene rings is 2. The van der Waals surface area contributed by atoms with Gasteiger partial charge in [0.2, 0.25) is 0 Å². The highest BCUT2D eigenvalue weighted by Gasteiger charge is 2.36. The summed E-state index contributed by atoms with van der Waals surface area (Å²) in [4.78, 5) is 2.74. The van der Waals surface area contributed by atoms with Gasteiger partial charge in [0.15, 0.2) is 0 Å². The molecule has 0 bridgehead atoms. The van der Waals surface area contributed by atoms with Gasteiger partial charge in [-0.05, 0) is 120 Å². The van der Waals surface area contributed by atoms with Crippen molar-refractivity contribution >= 4 is 33.2 Å². The molecule has 0 fully saturated rings. The Kier molecular flexibility index (Phi) is 8.38. The zero-order valence-corrected chi connectivity index (χ0v) is 32.2. The van der Waals surface area contributed by atoms with Crippen LogP contribution in [-0.4, -0.2) is 17.0 Å². The summed E-state index contributed by atoms with van der Waals surface area (Å²) in [5, 5.41) is 2.81. The zero-order chi connectivity index (χ0) is 36.3. The molecule has 0 radical (unpaired) electrons. The van der Waals surface area contributed by atoms with Crippen LogP contribution in [0.1, 0.15) is 57.8 Å². The quantitative estimate of drug-likeness (QED) is 0.250. The van der Waals surface area contributed by atoms with Crippen molar-refractivity contribution in [1.82, 2.24) is 4.90 Å². The first-order chi connectivity index (χ1) is 27.2. The number of nitrogens with zero attached hydrogens (tertiary/aromatic N) is 1. The predicted molar refractivity (Wildman–Crippen MR) is 230 cm³/mol. The van der Waals surface area contributed by atoms with Crippen molar-refractivity contribution in [3.63, 3.8) is 0 Å². The van der Waals surface area contributed by atoms with Crippen molar-refractivity contribution in [1.29, 1.82) is 0 Å². The standard InChI is InChI=1S/C52H47NOS/c1-3-11-34(12-4-1)37-21-22-39-32-42(29-25-38(39)31-37)53(41-27-23-35(24-28-41)40-26-30-45-44-15-7-8-20-49(44)54-50(45)33-40)48-19-10-18-47-46-17-9-16-43(51(46)55-52(47)48)36-13-5-2-6-14-36/h2-3,5-6,8-9,11-14,16-18,20-23,25-30,33,35,37,42,45,50H,1,4,7,10,15,19,24,31-32H2. The van der Waals surface area contributed by atoms with E-state index in [1.165, 1.54) is 83.1 Å². The second-order valence-corrected chi connectivity index (χ2v) is 17.3. The average Bonchev–Trinajstić information content (AvgIpc) is 3.83. The summed E-state index contributed by atoms with van der Waals surface area (Å²) in [5.41, 5.74) is 12.8. The lowest BCUT2D eigenvalue weighted by molar-refractivity contribution is 0.172. The minimum atomic E-state index is 0.132. The number of hydrogen-bond acceptors (Lipinski definition) is 3. The monoisotopic (exact) mass is 733 g/mol. The maximum atomic E-state index is 6.48. The molecule has 272 valence electrons. The molecule has 5 atom stereocenters. The molecule has 2 nitrogen and oxygen atoms in total.